The second-order valence-corrected chi connectivity index (χ2v) is 4.63. The van der Waals surface area contributed by atoms with Crippen LogP contribution in [0.5, 0.6) is 0 Å². The molecule has 0 radical (unpaired) electrons. The lowest BCUT2D eigenvalue weighted by Crippen LogP contribution is -2.42. The van der Waals surface area contributed by atoms with Crippen LogP contribution in [0.1, 0.15) is 19.3 Å². The van der Waals surface area contributed by atoms with Crippen LogP contribution >= 0.6 is 0 Å². The van der Waals surface area contributed by atoms with Crippen LogP contribution in [-0.2, 0) is 4.79 Å². The number of rotatable bonds is 5. The van der Waals surface area contributed by atoms with Crippen molar-refractivity contribution in [3.8, 4) is 6.07 Å². The molecule has 0 unspecified atom stereocenters. The number of hydrogen-bond acceptors (Lipinski definition) is 4. The van der Waals surface area contributed by atoms with Crippen LogP contribution < -0.4 is 0 Å². The van der Waals surface area contributed by atoms with Gasteiger partial charge in [0.25, 0.3) is 0 Å². The van der Waals surface area contributed by atoms with Crippen molar-refractivity contribution in [1.82, 2.24) is 9.80 Å². The van der Waals surface area contributed by atoms with E-state index in [1.54, 1.807) is 11.9 Å². The van der Waals surface area contributed by atoms with Gasteiger partial charge in [-0.2, -0.15) is 5.26 Å². The maximum Gasteiger partial charge on any atom is 0.236 e. The van der Waals surface area contributed by atoms with Gasteiger partial charge in [0, 0.05) is 20.2 Å². The molecule has 0 bridgehead atoms. The van der Waals surface area contributed by atoms with Crippen LogP contribution in [-0.4, -0.2) is 60.6 Å². The Balaban J connectivity index is 2.25. The minimum atomic E-state index is 0.0719. The van der Waals surface area contributed by atoms with E-state index in [0.717, 1.165) is 25.9 Å². The lowest BCUT2D eigenvalue weighted by Gasteiger charge is -2.31. The quantitative estimate of drug-likeness (QED) is 0.737. The minimum absolute atomic E-state index is 0.0719. The number of aliphatic hydroxyl groups is 1. The SMILES string of the molecule is CN(CCC#N)C(=O)CN1CCC(CO)CC1. The Morgan fingerprint density at radius 2 is 2.18 bits per heavy atom. The highest BCUT2D eigenvalue weighted by Gasteiger charge is 2.21. The van der Waals surface area contributed by atoms with Gasteiger partial charge in [0.15, 0.2) is 0 Å². The Kier molecular flexibility index (Phi) is 5.95. The van der Waals surface area contributed by atoms with E-state index in [1.165, 1.54) is 0 Å². The zero-order valence-electron chi connectivity index (χ0n) is 10.4. The Labute approximate surface area is 103 Å². The number of likely N-dealkylation sites (tertiary alicyclic amines) is 1. The predicted molar refractivity (Wildman–Crippen MR) is 64.1 cm³/mol. The summed E-state index contributed by atoms with van der Waals surface area (Å²) >= 11 is 0. The van der Waals surface area contributed by atoms with Crippen LogP contribution in [0.15, 0.2) is 0 Å². The third-order valence-corrected chi connectivity index (χ3v) is 3.31. The summed E-state index contributed by atoms with van der Waals surface area (Å²) in [6, 6.07) is 2.04. The lowest BCUT2D eigenvalue weighted by molar-refractivity contribution is -0.131. The fourth-order valence-electron chi connectivity index (χ4n) is 1.98. The smallest absolute Gasteiger partial charge is 0.236 e. The molecule has 96 valence electrons. The molecule has 5 heteroatoms. The molecule has 0 aromatic carbocycles. The predicted octanol–water partition coefficient (Wildman–Crippen LogP) is 0.0628. The minimum Gasteiger partial charge on any atom is -0.396 e. The molecule has 1 fully saturated rings. The number of likely N-dealkylation sites (N-methyl/N-ethyl adjacent to an activating group) is 1. The van der Waals surface area contributed by atoms with Gasteiger partial charge in [0.05, 0.1) is 19.0 Å². The summed E-state index contributed by atoms with van der Waals surface area (Å²) < 4.78 is 0. The van der Waals surface area contributed by atoms with Crippen LogP contribution in [0.25, 0.3) is 0 Å². The topological polar surface area (TPSA) is 67.6 Å². The first-order chi connectivity index (χ1) is 8.17. The number of aliphatic hydroxyl groups excluding tert-OH is 1. The van der Waals surface area contributed by atoms with Gasteiger partial charge in [0.2, 0.25) is 5.91 Å². The fourth-order valence-corrected chi connectivity index (χ4v) is 1.98. The maximum absolute atomic E-state index is 11.8. The zero-order valence-corrected chi connectivity index (χ0v) is 10.4. The van der Waals surface area contributed by atoms with Crippen molar-refractivity contribution >= 4 is 5.91 Å². The number of nitrogens with zero attached hydrogens (tertiary/aromatic N) is 3. The monoisotopic (exact) mass is 239 g/mol. The average molecular weight is 239 g/mol. The van der Waals surface area contributed by atoms with E-state index >= 15 is 0 Å². The van der Waals surface area contributed by atoms with Crippen LogP contribution in [0.4, 0.5) is 0 Å². The number of carbonyl (C=O) groups is 1. The Morgan fingerprint density at radius 1 is 1.53 bits per heavy atom. The summed E-state index contributed by atoms with van der Waals surface area (Å²) in [5, 5.41) is 17.5. The highest BCUT2D eigenvalue weighted by atomic mass is 16.3. The molecule has 1 saturated heterocycles. The molecule has 0 saturated carbocycles. The normalized spacial score (nSPS) is 17.7. The van der Waals surface area contributed by atoms with E-state index in [0.29, 0.717) is 25.4 Å². The van der Waals surface area contributed by atoms with Crippen molar-refractivity contribution in [3.05, 3.63) is 0 Å². The number of amides is 1. The molecule has 17 heavy (non-hydrogen) atoms. The summed E-state index contributed by atoms with van der Waals surface area (Å²) in [6.45, 7) is 2.94. The first kappa shape index (κ1) is 13.9. The largest absolute Gasteiger partial charge is 0.396 e. The molecule has 0 spiro atoms. The van der Waals surface area contributed by atoms with E-state index in [-0.39, 0.29) is 12.5 Å². The summed E-state index contributed by atoms with van der Waals surface area (Å²) in [5.74, 6) is 0.473. The Morgan fingerprint density at radius 3 is 2.71 bits per heavy atom. The zero-order chi connectivity index (χ0) is 12.7. The van der Waals surface area contributed by atoms with Gasteiger partial charge in [-0.15, -0.1) is 0 Å². The van der Waals surface area contributed by atoms with Crippen molar-refractivity contribution in [1.29, 1.82) is 5.26 Å². The molecule has 0 aliphatic carbocycles. The average Bonchev–Trinajstić information content (AvgIpc) is 2.36. The second kappa shape index (κ2) is 7.25. The number of nitriles is 1. The van der Waals surface area contributed by atoms with Gasteiger partial charge < -0.3 is 10.0 Å². The molecule has 1 aliphatic rings. The summed E-state index contributed by atoms with van der Waals surface area (Å²) in [6.07, 6.45) is 2.31. The van der Waals surface area contributed by atoms with E-state index < -0.39 is 0 Å². The van der Waals surface area contributed by atoms with Crippen molar-refractivity contribution in [2.24, 2.45) is 5.92 Å². The van der Waals surface area contributed by atoms with Crippen molar-refractivity contribution < 1.29 is 9.90 Å². The summed E-state index contributed by atoms with van der Waals surface area (Å²) in [7, 11) is 1.74. The van der Waals surface area contributed by atoms with E-state index in [2.05, 4.69) is 4.90 Å². The van der Waals surface area contributed by atoms with E-state index in [4.69, 9.17) is 10.4 Å². The van der Waals surface area contributed by atoms with Gasteiger partial charge in [-0.1, -0.05) is 0 Å². The molecular weight excluding hydrogens is 218 g/mol. The van der Waals surface area contributed by atoms with Crippen molar-refractivity contribution in [2.75, 3.05) is 39.8 Å². The number of hydrogen-bond donors (Lipinski definition) is 1. The molecule has 0 aromatic rings. The molecule has 0 aromatic heterocycles. The standard InChI is InChI=1S/C12H21N3O2/c1-14(6-2-5-13)12(17)9-15-7-3-11(10-16)4-8-15/h11,16H,2-4,6-10H2,1H3. The van der Waals surface area contributed by atoms with Crippen molar-refractivity contribution in [3.63, 3.8) is 0 Å². The van der Waals surface area contributed by atoms with Crippen LogP contribution in [0, 0.1) is 17.2 Å². The van der Waals surface area contributed by atoms with Gasteiger partial charge in [-0.25, -0.2) is 0 Å². The molecule has 5 nitrogen and oxygen atoms in total. The fraction of sp³-hybridized carbons (Fsp3) is 0.833. The molecule has 1 N–H and O–H groups in total. The van der Waals surface area contributed by atoms with E-state index in [9.17, 15) is 4.79 Å². The Hall–Kier alpha value is -1.12. The summed E-state index contributed by atoms with van der Waals surface area (Å²) in [5.41, 5.74) is 0. The molecule has 1 amide bonds. The third kappa shape index (κ3) is 4.72. The first-order valence-corrected chi connectivity index (χ1v) is 6.11. The Bertz CT molecular complexity index is 280. The van der Waals surface area contributed by atoms with Crippen LogP contribution in [0.3, 0.4) is 0 Å². The molecular formula is C12H21N3O2. The molecule has 0 atom stereocenters. The molecule has 1 rings (SSSR count). The van der Waals surface area contributed by atoms with Crippen LogP contribution in [0.2, 0.25) is 0 Å². The highest BCUT2D eigenvalue weighted by Crippen LogP contribution is 2.15. The van der Waals surface area contributed by atoms with Crippen molar-refractivity contribution in [2.45, 2.75) is 19.3 Å². The first-order valence-electron chi connectivity index (χ1n) is 6.11. The summed E-state index contributed by atoms with van der Waals surface area (Å²) in [4.78, 5) is 15.5. The second-order valence-electron chi connectivity index (χ2n) is 4.63. The maximum atomic E-state index is 11.8. The number of carbonyl (C=O) groups excluding carboxylic acids is 1. The van der Waals surface area contributed by atoms with Gasteiger partial charge >= 0.3 is 0 Å². The van der Waals surface area contributed by atoms with Gasteiger partial charge in [-0.05, 0) is 31.8 Å². The number of piperidine rings is 1. The highest BCUT2D eigenvalue weighted by molar-refractivity contribution is 5.78. The van der Waals surface area contributed by atoms with Gasteiger partial charge in [-0.3, -0.25) is 9.69 Å². The third-order valence-electron chi connectivity index (χ3n) is 3.31. The van der Waals surface area contributed by atoms with E-state index in [1.807, 2.05) is 6.07 Å². The molecule has 1 heterocycles. The lowest BCUT2D eigenvalue weighted by atomic mass is 9.98. The van der Waals surface area contributed by atoms with Gasteiger partial charge in [0.1, 0.15) is 0 Å². The molecule has 1 aliphatic heterocycles.